The normalized spacial score (nSPS) is 15.7. The monoisotopic (exact) mass is 264 g/mol. The van der Waals surface area contributed by atoms with Crippen molar-refractivity contribution >= 4 is 11.6 Å². The van der Waals surface area contributed by atoms with E-state index in [1.165, 1.54) is 25.9 Å². The Morgan fingerprint density at radius 2 is 1.84 bits per heavy atom. The molecule has 0 unspecified atom stereocenters. The van der Waals surface area contributed by atoms with Crippen LogP contribution in [0.2, 0.25) is 0 Å². The van der Waals surface area contributed by atoms with E-state index in [1.54, 1.807) is 0 Å². The van der Waals surface area contributed by atoms with E-state index in [-0.39, 0.29) is 0 Å². The van der Waals surface area contributed by atoms with E-state index in [0.717, 1.165) is 36.7 Å². The van der Waals surface area contributed by atoms with Crippen molar-refractivity contribution in [2.75, 3.05) is 36.9 Å². The Bertz CT molecular complexity index is 414. The standard InChI is InChI=1S/C13H24N6/c1-10-12(16-11(2)17-13(10)18-14)15-6-5-9-19-7-3-4-8-19/h3-9,14H2,1-2H3,(H2,15,16,17,18). The van der Waals surface area contributed by atoms with Gasteiger partial charge in [0.15, 0.2) is 0 Å². The van der Waals surface area contributed by atoms with Gasteiger partial charge in [0.05, 0.1) is 0 Å². The fourth-order valence-electron chi connectivity index (χ4n) is 2.46. The van der Waals surface area contributed by atoms with Gasteiger partial charge in [0.1, 0.15) is 17.5 Å². The van der Waals surface area contributed by atoms with Crippen LogP contribution in [0.1, 0.15) is 30.7 Å². The summed E-state index contributed by atoms with van der Waals surface area (Å²) in [6.07, 6.45) is 3.83. The lowest BCUT2D eigenvalue weighted by molar-refractivity contribution is 0.337. The molecule has 2 heterocycles. The molecule has 0 aliphatic carbocycles. The average molecular weight is 264 g/mol. The summed E-state index contributed by atoms with van der Waals surface area (Å²) in [7, 11) is 0. The number of nitrogens with two attached hydrogens (primary N) is 1. The van der Waals surface area contributed by atoms with Gasteiger partial charge >= 0.3 is 0 Å². The number of hydrogen-bond acceptors (Lipinski definition) is 6. The van der Waals surface area contributed by atoms with Crippen molar-refractivity contribution in [3.05, 3.63) is 11.4 Å². The molecule has 6 nitrogen and oxygen atoms in total. The van der Waals surface area contributed by atoms with Gasteiger partial charge in [-0.15, -0.1) is 0 Å². The fourth-order valence-corrected chi connectivity index (χ4v) is 2.46. The van der Waals surface area contributed by atoms with Gasteiger partial charge in [0.2, 0.25) is 0 Å². The summed E-state index contributed by atoms with van der Waals surface area (Å²) in [5.74, 6) is 7.74. The molecule has 1 aliphatic heterocycles. The molecule has 2 rings (SSSR count). The van der Waals surface area contributed by atoms with Crippen LogP contribution in [-0.2, 0) is 0 Å². The van der Waals surface area contributed by atoms with Gasteiger partial charge < -0.3 is 15.6 Å². The minimum Gasteiger partial charge on any atom is -0.370 e. The number of nitrogens with zero attached hydrogens (tertiary/aromatic N) is 3. The van der Waals surface area contributed by atoms with Crippen LogP contribution in [0.25, 0.3) is 0 Å². The molecule has 0 saturated carbocycles. The van der Waals surface area contributed by atoms with Crippen molar-refractivity contribution in [1.29, 1.82) is 0 Å². The molecule has 0 bridgehead atoms. The second kappa shape index (κ2) is 6.68. The summed E-state index contributed by atoms with van der Waals surface area (Å²) in [6, 6.07) is 0. The third-order valence-electron chi connectivity index (χ3n) is 3.54. The van der Waals surface area contributed by atoms with Crippen molar-refractivity contribution in [3.8, 4) is 0 Å². The third kappa shape index (κ3) is 3.78. The second-order valence-corrected chi connectivity index (χ2v) is 5.07. The molecule has 4 N–H and O–H groups in total. The first kappa shape index (κ1) is 14.0. The quantitative estimate of drug-likeness (QED) is 0.408. The van der Waals surface area contributed by atoms with Crippen LogP contribution in [0.5, 0.6) is 0 Å². The van der Waals surface area contributed by atoms with E-state index in [4.69, 9.17) is 5.84 Å². The van der Waals surface area contributed by atoms with Gasteiger partial charge in [-0.25, -0.2) is 15.8 Å². The second-order valence-electron chi connectivity index (χ2n) is 5.07. The zero-order valence-corrected chi connectivity index (χ0v) is 11.9. The summed E-state index contributed by atoms with van der Waals surface area (Å²) >= 11 is 0. The van der Waals surface area contributed by atoms with E-state index in [1.807, 2.05) is 13.8 Å². The first-order chi connectivity index (χ1) is 9.20. The van der Waals surface area contributed by atoms with E-state index in [2.05, 4.69) is 25.6 Å². The zero-order valence-electron chi connectivity index (χ0n) is 11.9. The predicted molar refractivity (Wildman–Crippen MR) is 78.1 cm³/mol. The Balaban J connectivity index is 1.83. The summed E-state index contributed by atoms with van der Waals surface area (Å²) in [5, 5.41) is 3.38. The SMILES string of the molecule is Cc1nc(NN)c(C)c(NCCCN2CCCC2)n1. The Kier molecular flexibility index (Phi) is 4.93. The van der Waals surface area contributed by atoms with E-state index in [9.17, 15) is 0 Å². The maximum atomic E-state index is 5.45. The zero-order chi connectivity index (χ0) is 13.7. The number of aromatic nitrogens is 2. The number of likely N-dealkylation sites (tertiary alicyclic amines) is 1. The lowest BCUT2D eigenvalue weighted by Crippen LogP contribution is -2.22. The number of nitrogens with one attached hydrogen (secondary N) is 2. The molecule has 1 aliphatic rings. The van der Waals surface area contributed by atoms with Crippen LogP contribution >= 0.6 is 0 Å². The highest BCUT2D eigenvalue weighted by molar-refractivity contribution is 5.56. The topological polar surface area (TPSA) is 79.1 Å². The Morgan fingerprint density at radius 3 is 2.53 bits per heavy atom. The molecule has 0 radical (unpaired) electrons. The largest absolute Gasteiger partial charge is 0.370 e. The van der Waals surface area contributed by atoms with Crippen molar-refractivity contribution in [2.45, 2.75) is 33.1 Å². The molecule has 19 heavy (non-hydrogen) atoms. The Labute approximate surface area is 114 Å². The molecule has 1 aromatic heterocycles. The fraction of sp³-hybridized carbons (Fsp3) is 0.692. The number of rotatable bonds is 6. The molecule has 0 aromatic carbocycles. The van der Waals surface area contributed by atoms with Crippen molar-refractivity contribution in [1.82, 2.24) is 14.9 Å². The summed E-state index contributed by atoms with van der Waals surface area (Å²) in [5.41, 5.74) is 3.58. The molecule has 1 fully saturated rings. The number of anilines is 2. The van der Waals surface area contributed by atoms with Gasteiger partial charge in [0, 0.05) is 12.1 Å². The molecule has 106 valence electrons. The first-order valence-electron chi connectivity index (χ1n) is 6.99. The van der Waals surface area contributed by atoms with E-state index < -0.39 is 0 Å². The van der Waals surface area contributed by atoms with E-state index in [0.29, 0.717) is 5.82 Å². The average Bonchev–Trinajstić information content (AvgIpc) is 2.91. The third-order valence-corrected chi connectivity index (χ3v) is 3.54. The first-order valence-corrected chi connectivity index (χ1v) is 6.99. The number of aryl methyl sites for hydroxylation is 1. The highest BCUT2D eigenvalue weighted by Crippen LogP contribution is 2.18. The highest BCUT2D eigenvalue weighted by atomic mass is 15.3. The van der Waals surface area contributed by atoms with Crippen LogP contribution in [0.4, 0.5) is 11.6 Å². The number of nitrogen functional groups attached to an aromatic ring is 1. The van der Waals surface area contributed by atoms with Crippen LogP contribution < -0.4 is 16.6 Å². The molecule has 0 atom stereocenters. The van der Waals surface area contributed by atoms with Gasteiger partial charge in [-0.3, -0.25) is 0 Å². The molecule has 0 amide bonds. The van der Waals surface area contributed by atoms with Gasteiger partial charge in [-0.2, -0.15) is 0 Å². The predicted octanol–water partition coefficient (Wildman–Crippen LogP) is 1.28. The molecular weight excluding hydrogens is 240 g/mol. The van der Waals surface area contributed by atoms with Crippen LogP contribution in [0.3, 0.4) is 0 Å². The molecular formula is C13H24N6. The minimum absolute atomic E-state index is 0.689. The van der Waals surface area contributed by atoms with Crippen LogP contribution in [0.15, 0.2) is 0 Å². The van der Waals surface area contributed by atoms with Crippen molar-refractivity contribution < 1.29 is 0 Å². The smallest absolute Gasteiger partial charge is 0.148 e. The van der Waals surface area contributed by atoms with Gasteiger partial charge in [0.25, 0.3) is 0 Å². The van der Waals surface area contributed by atoms with Crippen molar-refractivity contribution in [3.63, 3.8) is 0 Å². The molecule has 6 heteroatoms. The highest BCUT2D eigenvalue weighted by Gasteiger charge is 2.11. The summed E-state index contributed by atoms with van der Waals surface area (Å²) < 4.78 is 0. The van der Waals surface area contributed by atoms with Gasteiger partial charge in [-0.1, -0.05) is 0 Å². The lowest BCUT2D eigenvalue weighted by atomic mass is 10.3. The molecule has 0 spiro atoms. The van der Waals surface area contributed by atoms with Crippen molar-refractivity contribution in [2.24, 2.45) is 5.84 Å². The summed E-state index contributed by atoms with van der Waals surface area (Å²) in [6.45, 7) is 8.45. The van der Waals surface area contributed by atoms with E-state index >= 15 is 0 Å². The number of hydrogen-bond donors (Lipinski definition) is 3. The Hall–Kier alpha value is -1.40. The van der Waals surface area contributed by atoms with Gasteiger partial charge in [-0.05, 0) is 52.7 Å². The minimum atomic E-state index is 0.689. The summed E-state index contributed by atoms with van der Waals surface area (Å²) in [4.78, 5) is 11.2. The Morgan fingerprint density at radius 1 is 1.16 bits per heavy atom. The molecule has 1 saturated heterocycles. The van der Waals surface area contributed by atoms with Crippen LogP contribution in [0, 0.1) is 13.8 Å². The maximum Gasteiger partial charge on any atom is 0.148 e. The van der Waals surface area contributed by atoms with Crippen LogP contribution in [-0.4, -0.2) is 41.0 Å². The molecule has 1 aromatic rings. The lowest BCUT2D eigenvalue weighted by Gasteiger charge is -2.16. The maximum absolute atomic E-state index is 5.45. The number of hydrazine groups is 1.